The zero-order valence-electron chi connectivity index (χ0n) is 24.5. The molecule has 1 aliphatic heterocycles. The lowest BCUT2D eigenvalue weighted by Gasteiger charge is -2.41. The number of thioether (sulfide) groups is 1. The molecule has 3 rings (SSSR count). The van der Waals surface area contributed by atoms with E-state index in [4.69, 9.17) is 9.47 Å². The number of hydrogen-bond donors (Lipinski definition) is 2. The minimum absolute atomic E-state index is 0.0388. The average molecular weight is 570 g/mol. The number of nitrogens with zero attached hydrogens (tertiary/aromatic N) is 1. The Morgan fingerprint density at radius 2 is 1.93 bits per heavy atom. The Labute approximate surface area is 243 Å². The maximum absolute atomic E-state index is 14.0. The highest BCUT2D eigenvalue weighted by Crippen LogP contribution is 2.38. The summed E-state index contributed by atoms with van der Waals surface area (Å²) in [5, 5.41) is 21.3. The third-order valence-corrected chi connectivity index (χ3v) is 8.48. The van der Waals surface area contributed by atoms with Crippen LogP contribution in [0.3, 0.4) is 0 Å². The van der Waals surface area contributed by atoms with Crippen molar-refractivity contribution in [3.8, 4) is 23.9 Å². The second-order valence-electron chi connectivity index (χ2n) is 12.1. The highest BCUT2D eigenvalue weighted by Gasteiger charge is 2.39. The van der Waals surface area contributed by atoms with E-state index in [1.54, 1.807) is 11.8 Å². The molecule has 2 fully saturated rings. The van der Waals surface area contributed by atoms with Crippen molar-refractivity contribution in [2.45, 2.75) is 104 Å². The van der Waals surface area contributed by atoms with E-state index in [0.717, 1.165) is 31.0 Å². The van der Waals surface area contributed by atoms with Crippen LogP contribution in [0.4, 0.5) is 0 Å². The summed E-state index contributed by atoms with van der Waals surface area (Å²) < 4.78 is 10.8. The van der Waals surface area contributed by atoms with Gasteiger partial charge in [-0.05, 0) is 85.5 Å². The largest absolute Gasteiger partial charge is 0.477 e. The third-order valence-electron chi connectivity index (χ3n) is 7.46. The number of hydrogen-bond acceptors (Lipinski definition) is 6. The summed E-state index contributed by atoms with van der Waals surface area (Å²) >= 11 is 0.989. The van der Waals surface area contributed by atoms with Crippen LogP contribution < -0.4 is 0 Å². The summed E-state index contributed by atoms with van der Waals surface area (Å²) in [5.74, 6) is 7.53. The third kappa shape index (κ3) is 9.20. The predicted molar refractivity (Wildman–Crippen MR) is 158 cm³/mol. The maximum atomic E-state index is 14.0. The monoisotopic (exact) mass is 569 g/mol. The molecule has 8 heteroatoms. The van der Waals surface area contributed by atoms with Crippen LogP contribution >= 0.6 is 11.8 Å². The molecule has 2 aliphatic carbocycles. The van der Waals surface area contributed by atoms with Gasteiger partial charge in [-0.15, -0.1) is 0 Å². The van der Waals surface area contributed by atoms with Gasteiger partial charge in [0.25, 0.3) is 0 Å². The molecule has 0 spiro atoms. The van der Waals surface area contributed by atoms with Gasteiger partial charge in [0.2, 0.25) is 5.91 Å². The molecule has 0 radical (unpaired) electrons. The van der Waals surface area contributed by atoms with Crippen LogP contribution in [-0.2, 0) is 19.1 Å². The van der Waals surface area contributed by atoms with Crippen molar-refractivity contribution in [2.24, 2.45) is 11.3 Å². The lowest BCUT2D eigenvalue weighted by Crippen LogP contribution is -2.47. The van der Waals surface area contributed by atoms with Crippen LogP contribution in [0.2, 0.25) is 0 Å². The van der Waals surface area contributed by atoms with Gasteiger partial charge >= 0.3 is 5.97 Å². The smallest absolute Gasteiger partial charge is 0.344 e. The number of carboxylic acid groups (broad SMARTS) is 1. The summed E-state index contributed by atoms with van der Waals surface area (Å²) in [6.45, 7) is 14.8. The van der Waals surface area contributed by atoms with Crippen LogP contribution in [-0.4, -0.2) is 58.0 Å². The number of rotatable bonds is 7. The van der Waals surface area contributed by atoms with Crippen LogP contribution in [0.1, 0.15) is 86.0 Å². The van der Waals surface area contributed by atoms with E-state index >= 15 is 0 Å². The van der Waals surface area contributed by atoms with Gasteiger partial charge in [0.1, 0.15) is 22.7 Å². The molecule has 7 nitrogen and oxygen atoms in total. The summed E-state index contributed by atoms with van der Waals surface area (Å²) in [6.07, 6.45) is 9.40. The molecule has 40 heavy (non-hydrogen) atoms. The second-order valence-corrected chi connectivity index (χ2v) is 13.2. The molecule has 2 N–H and O–H groups in total. The van der Waals surface area contributed by atoms with Crippen LogP contribution in [0, 0.1) is 35.2 Å². The Hall–Kier alpha value is -2.65. The van der Waals surface area contributed by atoms with Crippen molar-refractivity contribution in [3.63, 3.8) is 0 Å². The van der Waals surface area contributed by atoms with Crippen molar-refractivity contribution in [1.82, 2.24) is 4.90 Å². The van der Waals surface area contributed by atoms with E-state index in [-0.39, 0.29) is 34.3 Å². The van der Waals surface area contributed by atoms with Crippen molar-refractivity contribution in [3.05, 3.63) is 33.7 Å². The molecule has 0 aromatic carbocycles. The zero-order valence-corrected chi connectivity index (χ0v) is 25.3. The number of carboxylic acids is 1. The van der Waals surface area contributed by atoms with Gasteiger partial charge in [0.05, 0.1) is 18.1 Å². The highest BCUT2D eigenvalue weighted by atomic mass is 32.2. The fourth-order valence-corrected chi connectivity index (χ4v) is 5.75. The van der Waals surface area contributed by atoms with E-state index < -0.39 is 11.6 Å². The predicted octanol–water partition coefficient (Wildman–Crippen LogP) is 5.61. The number of aliphatic hydroxyl groups is 1. The highest BCUT2D eigenvalue weighted by molar-refractivity contribution is 8.07. The summed E-state index contributed by atoms with van der Waals surface area (Å²) in [6, 6.07) is -0.255. The lowest BCUT2D eigenvalue weighted by atomic mass is 9.81. The van der Waals surface area contributed by atoms with Gasteiger partial charge < -0.3 is 24.6 Å². The van der Waals surface area contributed by atoms with E-state index in [1.807, 2.05) is 20.8 Å². The normalized spacial score (nSPS) is 27.1. The maximum Gasteiger partial charge on any atom is 0.344 e. The molecule has 1 saturated carbocycles. The molecular formula is C32H43NO6S. The number of carbonyl (C=O) groups excluding carboxylic acids is 1. The molecular weight excluding hydrogens is 526 g/mol. The fourth-order valence-electron chi connectivity index (χ4n) is 5.07. The van der Waals surface area contributed by atoms with Gasteiger partial charge in [-0.3, -0.25) is 4.79 Å². The molecule has 3 aliphatic rings. The number of allylic oxidation sites excluding steroid dienone is 4. The van der Waals surface area contributed by atoms with E-state index in [9.17, 15) is 19.8 Å². The zero-order chi connectivity index (χ0) is 29.5. The standard InChI is InChI=1S/C32H43NO6S/c1-22-7-9-25(10-8-22)29(34)33(24(3)28(30(35)36)40-23(2)11-15-31(4,5)6)26-12-16-32(37,17-13-26)18-20-39-27-14-19-38-21-27/h7,25-27,37H,2,8-10,12-14,16-17,19,21H2,1,3-6H3,(H,35,36). The second kappa shape index (κ2) is 13.8. The molecule has 0 bridgehead atoms. The number of ether oxygens (including phenoxy) is 2. The summed E-state index contributed by atoms with van der Waals surface area (Å²) in [4.78, 5) is 28.6. The Bertz CT molecular complexity index is 1160. The lowest BCUT2D eigenvalue weighted by molar-refractivity contribution is -0.137. The number of carbonyl (C=O) groups is 2. The van der Waals surface area contributed by atoms with Gasteiger partial charge in [-0.25, -0.2) is 4.79 Å². The summed E-state index contributed by atoms with van der Waals surface area (Å²) in [5.41, 5.74) is 0.191. The molecule has 0 aromatic heterocycles. The van der Waals surface area contributed by atoms with Crippen LogP contribution in [0.25, 0.3) is 0 Å². The SMILES string of the molecule is C=C(C#CC(C)(C)C)SC(C(=O)O)=C(C)N(C(=O)C1CC=C(C)CC1)C1CCC(O)(C#COC2CCOC2)CC1. The Kier molecular flexibility index (Phi) is 11.0. The topological polar surface area (TPSA) is 96.3 Å². The van der Waals surface area contributed by atoms with Crippen molar-refractivity contribution in [2.75, 3.05) is 13.2 Å². The van der Waals surface area contributed by atoms with E-state index in [2.05, 4.69) is 43.4 Å². The van der Waals surface area contributed by atoms with E-state index in [1.165, 1.54) is 5.57 Å². The molecule has 1 saturated heterocycles. The number of amides is 1. The van der Waals surface area contributed by atoms with Gasteiger partial charge in [0.15, 0.2) is 0 Å². The number of aliphatic carboxylic acids is 1. The van der Waals surface area contributed by atoms with Crippen molar-refractivity contribution in [1.29, 1.82) is 0 Å². The first-order chi connectivity index (χ1) is 18.8. The van der Waals surface area contributed by atoms with Gasteiger partial charge in [-0.2, -0.15) is 0 Å². The minimum Gasteiger partial charge on any atom is -0.477 e. The molecule has 2 atom stereocenters. The molecule has 218 valence electrons. The average Bonchev–Trinajstić information content (AvgIpc) is 3.40. The molecule has 2 unspecified atom stereocenters. The molecule has 1 heterocycles. The molecule has 1 amide bonds. The first kappa shape index (κ1) is 31.9. The fraction of sp³-hybridized carbons (Fsp3) is 0.625. The van der Waals surface area contributed by atoms with Crippen molar-refractivity contribution < 1.29 is 29.3 Å². The first-order valence-corrected chi connectivity index (χ1v) is 14.9. The first-order valence-electron chi connectivity index (χ1n) is 14.1. The minimum atomic E-state index is -1.21. The van der Waals surface area contributed by atoms with Crippen LogP contribution in [0.5, 0.6) is 0 Å². The Morgan fingerprint density at radius 3 is 2.48 bits per heavy atom. The molecule has 0 aromatic rings. The Balaban J connectivity index is 1.85. The van der Waals surface area contributed by atoms with Crippen LogP contribution in [0.15, 0.2) is 33.7 Å². The Morgan fingerprint density at radius 1 is 1.23 bits per heavy atom. The summed E-state index contributed by atoms with van der Waals surface area (Å²) in [7, 11) is 0. The van der Waals surface area contributed by atoms with E-state index in [0.29, 0.717) is 55.9 Å². The van der Waals surface area contributed by atoms with Gasteiger partial charge in [0, 0.05) is 29.5 Å². The van der Waals surface area contributed by atoms with Crippen molar-refractivity contribution >= 4 is 23.6 Å². The van der Waals surface area contributed by atoms with Gasteiger partial charge in [-0.1, -0.05) is 41.8 Å². The quantitative estimate of drug-likeness (QED) is 0.234.